The molecule has 0 spiro atoms. The van der Waals surface area contributed by atoms with Crippen molar-refractivity contribution < 1.29 is 12.8 Å². The summed E-state index contributed by atoms with van der Waals surface area (Å²) in [4.78, 5) is 0. The first kappa shape index (κ1) is 11.2. The maximum atomic E-state index is 13.0. The third-order valence-corrected chi connectivity index (χ3v) is 4.93. The Morgan fingerprint density at radius 3 is 2.62 bits per heavy atom. The highest BCUT2D eigenvalue weighted by molar-refractivity contribution is 7.93. The smallest absolute Gasteiger partial charge is 0.237 e. The van der Waals surface area contributed by atoms with Crippen molar-refractivity contribution >= 4 is 21.4 Å². The molecule has 1 fully saturated rings. The predicted octanol–water partition coefficient (Wildman–Crippen LogP) is 1.34. The van der Waals surface area contributed by atoms with Gasteiger partial charge in [-0.25, -0.2) is 12.8 Å². The molecule has 2 N–H and O–H groups in total. The molecule has 1 aliphatic rings. The molecule has 1 aliphatic carbocycles. The van der Waals surface area contributed by atoms with Gasteiger partial charge in [0.1, 0.15) is 5.82 Å². The van der Waals surface area contributed by atoms with Gasteiger partial charge in [-0.2, -0.15) is 0 Å². The highest BCUT2D eigenvalue weighted by Crippen LogP contribution is 2.34. The van der Waals surface area contributed by atoms with Gasteiger partial charge in [0.2, 0.25) is 10.0 Å². The third-order valence-electron chi connectivity index (χ3n) is 2.66. The van der Waals surface area contributed by atoms with Crippen molar-refractivity contribution in [3.63, 3.8) is 0 Å². The monoisotopic (exact) mass is 244 g/mol. The summed E-state index contributed by atoms with van der Waals surface area (Å²) < 4.78 is 37.9. The van der Waals surface area contributed by atoms with Gasteiger partial charge < -0.3 is 5.73 Å². The van der Waals surface area contributed by atoms with Crippen LogP contribution in [0.5, 0.6) is 0 Å². The van der Waals surface area contributed by atoms with E-state index in [-0.39, 0.29) is 16.6 Å². The minimum Gasteiger partial charge on any atom is -0.397 e. The van der Waals surface area contributed by atoms with Gasteiger partial charge in [-0.1, -0.05) is 0 Å². The number of nitrogens with two attached hydrogens (primary N) is 1. The van der Waals surface area contributed by atoms with Crippen LogP contribution in [0.25, 0.3) is 0 Å². The van der Waals surface area contributed by atoms with E-state index >= 15 is 0 Å². The Morgan fingerprint density at radius 2 is 2.06 bits per heavy atom. The largest absolute Gasteiger partial charge is 0.397 e. The summed E-state index contributed by atoms with van der Waals surface area (Å²) in [5, 5.41) is -0.333. The van der Waals surface area contributed by atoms with Crippen LogP contribution in [0.4, 0.5) is 15.8 Å². The standard InChI is InChI=1S/C10H13FN2O2S/c1-13(16(14,15)8-3-4-8)10-6-7(11)2-5-9(10)12/h2,5-6,8H,3-4,12H2,1H3. The van der Waals surface area contributed by atoms with E-state index in [1.165, 1.54) is 19.2 Å². The van der Waals surface area contributed by atoms with Gasteiger partial charge >= 0.3 is 0 Å². The Labute approximate surface area is 93.9 Å². The second kappa shape index (κ2) is 3.62. The van der Waals surface area contributed by atoms with E-state index in [0.717, 1.165) is 10.4 Å². The van der Waals surface area contributed by atoms with Crippen LogP contribution in [0, 0.1) is 5.82 Å². The van der Waals surface area contributed by atoms with Gasteiger partial charge in [-0.15, -0.1) is 0 Å². The fraction of sp³-hybridized carbons (Fsp3) is 0.400. The molecule has 2 rings (SSSR count). The first-order valence-corrected chi connectivity index (χ1v) is 6.46. The topological polar surface area (TPSA) is 63.4 Å². The summed E-state index contributed by atoms with van der Waals surface area (Å²) in [7, 11) is -1.97. The lowest BCUT2D eigenvalue weighted by molar-refractivity contribution is 0.592. The molecule has 0 saturated heterocycles. The minimum absolute atomic E-state index is 0.201. The molecular weight excluding hydrogens is 231 g/mol. The van der Waals surface area contributed by atoms with Crippen LogP contribution < -0.4 is 10.0 Å². The van der Waals surface area contributed by atoms with Crippen LogP contribution in [0.1, 0.15) is 12.8 Å². The van der Waals surface area contributed by atoms with Gasteiger partial charge in [0, 0.05) is 13.1 Å². The average molecular weight is 244 g/mol. The van der Waals surface area contributed by atoms with Crippen molar-refractivity contribution in [3.05, 3.63) is 24.0 Å². The van der Waals surface area contributed by atoms with Crippen LogP contribution in [-0.2, 0) is 10.0 Å². The second-order valence-corrected chi connectivity index (χ2v) is 6.16. The fourth-order valence-corrected chi connectivity index (χ4v) is 3.13. The molecule has 0 aliphatic heterocycles. The summed E-state index contributed by atoms with van der Waals surface area (Å²) in [5.41, 5.74) is 6.09. The lowest BCUT2D eigenvalue weighted by Gasteiger charge is -2.20. The number of nitrogens with zero attached hydrogens (tertiary/aromatic N) is 1. The molecular formula is C10H13FN2O2S. The Balaban J connectivity index is 2.40. The second-order valence-electron chi connectivity index (χ2n) is 3.91. The summed E-state index contributed by atoms with van der Waals surface area (Å²) >= 11 is 0. The number of halogens is 1. The molecule has 0 unspecified atom stereocenters. The summed E-state index contributed by atoms with van der Waals surface area (Å²) in [5.74, 6) is -0.498. The summed E-state index contributed by atoms with van der Waals surface area (Å²) in [6.45, 7) is 0. The Bertz CT molecular complexity index is 512. The van der Waals surface area contributed by atoms with E-state index < -0.39 is 15.8 Å². The first-order valence-electron chi connectivity index (χ1n) is 4.95. The maximum Gasteiger partial charge on any atom is 0.237 e. The Hall–Kier alpha value is -1.30. The Morgan fingerprint density at radius 1 is 1.44 bits per heavy atom. The molecule has 0 atom stereocenters. The molecule has 6 heteroatoms. The first-order chi connectivity index (χ1) is 7.43. The van der Waals surface area contributed by atoms with Crippen molar-refractivity contribution in [1.82, 2.24) is 0 Å². The van der Waals surface area contributed by atoms with Crippen LogP contribution in [0.15, 0.2) is 18.2 Å². The van der Waals surface area contributed by atoms with Gasteiger partial charge in [0.25, 0.3) is 0 Å². The highest BCUT2D eigenvalue weighted by atomic mass is 32.2. The zero-order chi connectivity index (χ0) is 11.9. The molecule has 0 heterocycles. The predicted molar refractivity (Wildman–Crippen MR) is 61.2 cm³/mol. The quantitative estimate of drug-likeness (QED) is 0.816. The molecule has 0 amide bonds. The third kappa shape index (κ3) is 1.84. The van der Waals surface area contributed by atoms with Crippen molar-refractivity contribution in [1.29, 1.82) is 0 Å². The number of rotatable bonds is 3. The molecule has 0 bridgehead atoms. The number of hydrogen-bond acceptors (Lipinski definition) is 3. The van der Waals surface area contributed by atoms with Crippen molar-refractivity contribution in [2.75, 3.05) is 17.1 Å². The van der Waals surface area contributed by atoms with Crippen molar-refractivity contribution in [3.8, 4) is 0 Å². The SMILES string of the molecule is CN(c1cc(F)ccc1N)S(=O)(=O)C1CC1. The number of nitrogen functional groups attached to an aromatic ring is 1. The van der Waals surface area contributed by atoms with Gasteiger partial charge in [-0.3, -0.25) is 4.31 Å². The number of hydrogen-bond donors (Lipinski definition) is 1. The van der Waals surface area contributed by atoms with E-state index in [1.807, 2.05) is 0 Å². The van der Waals surface area contributed by atoms with Gasteiger partial charge in [0.05, 0.1) is 16.6 Å². The summed E-state index contributed by atoms with van der Waals surface area (Å²) in [6, 6.07) is 3.70. The highest BCUT2D eigenvalue weighted by Gasteiger charge is 2.39. The van der Waals surface area contributed by atoms with Crippen molar-refractivity contribution in [2.24, 2.45) is 0 Å². The van der Waals surface area contributed by atoms with Gasteiger partial charge in [0.15, 0.2) is 0 Å². The average Bonchev–Trinajstić information content (AvgIpc) is 3.04. The number of sulfonamides is 1. The van der Waals surface area contributed by atoms with E-state index in [9.17, 15) is 12.8 Å². The molecule has 1 aromatic rings. The minimum atomic E-state index is -3.37. The normalized spacial score (nSPS) is 16.1. The van der Waals surface area contributed by atoms with E-state index in [1.54, 1.807) is 0 Å². The lowest BCUT2D eigenvalue weighted by Crippen LogP contribution is -2.30. The van der Waals surface area contributed by atoms with Crippen LogP contribution >= 0.6 is 0 Å². The van der Waals surface area contributed by atoms with Gasteiger partial charge in [-0.05, 0) is 25.0 Å². The number of benzene rings is 1. The molecule has 1 saturated carbocycles. The molecule has 88 valence electrons. The molecule has 16 heavy (non-hydrogen) atoms. The molecule has 0 radical (unpaired) electrons. The Kier molecular flexibility index (Phi) is 2.53. The summed E-state index contributed by atoms with van der Waals surface area (Å²) in [6.07, 6.45) is 1.34. The maximum absolute atomic E-state index is 13.0. The van der Waals surface area contributed by atoms with Crippen LogP contribution in [-0.4, -0.2) is 20.7 Å². The number of anilines is 2. The van der Waals surface area contributed by atoms with E-state index in [2.05, 4.69) is 0 Å². The molecule has 4 nitrogen and oxygen atoms in total. The van der Waals surface area contributed by atoms with E-state index in [0.29, 0.717) is 12.8 Å². The zero-order valence-electron chi connectivity index (χ0n) is 8.85. The lowest BCUT2D eigenvalue weighted by atomic mass is 10.2. The van der Waals surface area contributed by atoms with Crippen LogP contribution in [0.3, 0.4) is 0 Å². The van der Waals surface area contributed by atoms with Crippen molar-refractivity contribution in [2.45, 2.75) is 18.1 Å². The molecule has 0 aromatic heterocycles. The zero-order valence-corrected chi connectivity index (χ0v) is 9.67. The molecule has 1 aromatic carbocycles. The van der Waals surface area contributed by atoms with Crippen LogP contribution in [0.2, 0.25) is 0 Å². The fourth-order valence-electron chi connectivity index (χ4n) is 1.52. The van der Waals surface area contributed by atoms with E-state index in [4.69, 9.17) is 5.73 Å².